The third-order valence-electron chi connectivity index (χ3n) is 15.0. The topological polar surface area (TPSA) is 62.5 Å². The maximum Gasteiger partial charge on any atom is 0.178 e. The average molecular weight is 989 g/mol. The molecule has 15 rings (SSSR count). The number of rotatable bonds is 6. The lowest BCUT2D eigenvalue weighted by atomic mass is 9.90. The lowest BCUT2D eigenvalue weighted by Crippen LogP contribution is -2.30. The minimum Gasteiger partial charge on any atom is -0.456 e. The summed E-state index contributed by atoms with van der Waals surface area (Å²) in [4.78, 5) is 0. The molecule has 0 saturated heterocycles. The molecule has 11 aromatic carbocycles. The molecule has 0 amide bonds. The molecule has 0 radical (unpaired) electrons. The Balaban J connectivity index is 1.07. The van der Waals surface area contributed by atoms with Crippen LogP contribution in [0.15, 0.2) is 255 Å². The van der Waals surface area contributed by atoms with Gasteiger partial charge in [0.15, 0.2) is 14.3 Å². The standard InChI is InChI=1S/C66H42N2O4P2/c69-73(57-31-15-11-27-53(57)71-54-28-12-16-32-58(54)73)47-39-35-43(36-40-47)61-64-50-24-8-10-26-52(50)68(46-21-5-2-6-22-46)66(64)62(63-49-23-7-9-25-51(49)67(65(61)63)45-19-3-1-4-20-45)44-37-41-48(42-38-44)74(70)59-33-17-13-29-55(59)72-56-30-14-18-34-60(56)74/h1-42H. The number of para-hydroxylation sites is 8. The van der Waals surface area contributed by atoms with E-state index in [4.69, 9.17) is 9.47 Å². The molecule has 0 fully saturated rings. The SMILES string of the molecule is O=P1(c2ccc(-c3c4c5ccccc5n(-c5ccccc5)c4c(-c4ccc(P5(=O)c6ccccc6Oc6ccccc65)cc4)c4c5ccccc5n(-c5ccccc5)c34)cc2)c2ccccc2Oc2ccccc21. The zero-order valence-corrected chi connectivity index (χ0v) is 41.5. The molecule has 6 nitrogen and oxygen atoms in total. The van der Waals surface area contributed by atoms with Gasteiger partial charge in [0.05, 0.1) is 43.3 Å². The first kappa shape index (κ1) is 42.7. The Hall–Kier alpha value is -8.92. The van der Waals surface area contributed by atoms with Gasteiger partial charge in [0.2, 0.25) is 0 Å². The van der Waals surface area contributed by atoms with Crippen LogP contribution < -0.4 is 41.3 Å². The number of hydrogen-bond acceptors (Lipinski definition) is 4. The van der Waals surface area contributed by atoms with Crippen LogP contribution in [-0.4, -0.2) is 9.13 Å². The van der Waals surface area contributed by atoms with Crippen molar-refractivity contribution in [1.29, 1.82) is 0 Å². The molecule has 4 heterocycles. The van der Waals surface area contributed by atoms with Crippen LogP contribution in [0.2, 0.25) is 0 Å². The van der Waals surface area contributed by atoms with Crippen LogP contribution in [0.5, 0.6) is 23.0 Å². The van der Waals surface area contributed by atoms with Crippen LogP contribution in [-0.2, 0) is 9.13 Å². The number of benzene rings is 11. The van der Waals surface area contributed by atoms with Crippen molar-refractivity contribution in [2.75, 3.05) is 0 Å². The van der Waals surface area contributed by atoms with E-state index in [9.17, 15) is 0 Å². The molecule has 8 heteroatoms. The van der Waals surface area contributed by atoms with Crippen LogP contribution in [0.25, 0.3) is 77.2 Å². The summed E-state index contributed by atoms with van der Waals surface area (Å²) in [6.45, 7) is 0. The molecule has 13 aromatic rings. The van der Waals surface area contributed by atoms with Gasteiger partial charge in [0.25, 0.3) is 0 Å². The molecule has 0 unspecified atom stereocenters. The minimum atomic E-state index is -3.37. The third-order valence-corrected chi connectivity index (χ3v) is 21.3. The van der Waals surface area contributed by atoms with Gasteiger partial charge in [-0.3, -0.25) is 0 Å². The first-order valence-electron chi connectivity index (χ1n) is 24.8. The molecule has 0 spiro atoms. The number of fused-ring (bicyclic) bond motifs is 10. The Morgan fingerprint density at radius 2 is 0.595 bits per heavy atom. The Labute approximate surface area is 426 Å². The summed E-state index contributed by atoms with van der Waals surface area (Å²) in [6.07, 6.45) is 0. The van der Waals surface area contributed by atoms with Gasteiger partial charge in [-0.15, -0.1) is 0 Å². The fraction of sp³-hybridized carbons (Fsp3) is 0. The highest BCUT2D eigenvalue weighted by molar-refractivity contribution is 7.86. The summed E-state index contributed by atoms with van der Waals surface area (Å²) in [5, 5.41) is 8.58. The van der Waals surface area contributed by atoms with E-state index in [-0.39, 0.29) is 0 Å². The van der Waals surface area contributed by atoms with E-state index in [0.717, 1.165) is 87.8 Å². The summed E-state index contributed by atoms with van der Waals surface area (Å²) in [7, 11) is -6.75. The summed E-state index contributed by atoms with van der Waals surface area (Å²) in [5.41, 5.74) is 10.3. The summed E-state index contributed by atoms with van der Waals surface area (Å²) in [6, 6.07) is 86.4. The van der Waals surface area contributed by atoms with Crippen LogP contribution in [0, 0.1) is 0 Å². The second-order valence-electron chi connectivity index (χ2n) is 19.0. The maximum atomic E-state index is 16.0. The van der Waals surface area contributed by atoms with E-state index in [0.29, 0.717) is 44.2 Å². The number of nitrogens with zero attached hydrogens (tertiary/aromatic N) is 2. The first-order chi connectivity index (χ1) is 36.5. The lowest BCUT2D eigenvalue weighted by molar-refractivity contribution is 0.485. The van der Waals surface area contributed by atoms with Gasteiger partial charge < -0.3 is 27.7 Å². The minimum absolute atomic E-state index is 0.612. The fourth-order valence-corrected chi connectivity index (χ4v) is 17.6. The van der Waals surface area contributed by atoms with Gasteiger partial charge in [0, 0.05) is 54.7 Å². The zero-order chi connectivity index (χ0) is 49.1. The van der Waals surface area contributed by atoms with Crippen molar-refractivity contribution < 1.29 is 18.6 Å². The predicted molar refractivity (Wildman–Crippen MR) is 305 cm³/mol. The van der Waals surface area contributed by atoms with E-state index < -0.39 is 14.3 Å². The van der Waals surface area contributed by atoms with Gasteiger partial charge in [0.1, 0.15) is 23.0 Å². The summed E-state index contributed by atoms with van der Waals surface area (Å²) >= 11 is 0. The second-order valence-corrected chi connectivity index (χ2v) is 24.4. The lowest BCUT2D eigenvalue weighted by Gasteiger charge is -2.29. The van der Waals surface area contributed by atoms with E-state index in [2.05, 4.69) is 167 Å². The van der Waals surface area contributed by atoms with Crippen molar-refractivity contribution in [2.24, 2.45) is 0 Å². The summed E-state index contributed by atoms with van der Waals surface area (Å²) < 4.78 is 49.6. The van der Waals surface area contributed by atoms with Crippen molar-refractivity contribution in [3.63, 3.8) is 0 Å². The van der Waals surface area contributed by atoms with Crippen molar-refractivity contribution >= 4 is 89.7 Å². The van der Waals surface area contributed by atoms with Crippen molar-refractivity contribution in [2.45, 2.75) is 0 Å². The Kier molecular flexibility index (Phi) is 9.41. The molecule has 0 atom stereocenters. The van der Waals surface area contributed by atoms with Crippen LogP contribution in [0.3, 0.4) is 0 Å². The quantitative estimate of drug-likeness (QED) is 0.156. The monoisotopic (exact) mass is 988 g/mol. The molecule has 74 heavy (non-hydrogen) atoms. The normalized spacial score (nSPS) is 13.9. The molecular weight excluding hydrogens is 947 g/mol. The molecule has 0 saturated carbocycles. The predicted octanol–water partition coefficient (Wildman–Crippen LogP) is 14.7. The number of ether oxygens (including phenoxy) is 2. The Morgan fingerprint density at radius 1 is 0.297 bits per heavy atom. The van der Waals surface area contributed by atoms with Crippen molar-refractivity contribution in [1.82, 2.24) is 9.13 Å². The molecular formula is C66H42N2O4P2. The van der Waals surface area contributed by atoms with Crippen LogP contribution >= 0.6 is 14.3 Å². The van der Waals surface area contributed by atoms with Gasteiger partial charge in [-0.05, 0) is 96.1 Å². The highest BCUT2D eigenvalue weighted by Crippen LogP contribution is 2.56. The molecule has 0 N–H and O–H groups in total. The maximum absolute atomic E-state index is 16.0. The van der Waals surface area contributed by atoms with E-state index in [1.807, 2.05) is 97.1 Å². The molecule has 2 aliphatic heterocycles. The molecule has 2 aromatic heterocycles. The number of aromatic nitrogens is 2. The third kappa shape index (κ3) is 6.01. The zero-order valence-electron chi connectivity index (χ0n) is 39.7. The van der Waals surface area contributed by atoms with Gasteiger partial charge >= 0.3 is 0 Å². The Bertz CT molecular complexity index is 4150. The largest absolute Gasteiger partial charge is 0.456 e. The van der Waals surface area contributed by atoms with E-state index in [1.165, 1.54) is 0 Å². The Morgan fingerprint density at radius 3 is 0.946 bits per heavy atom. The van der Waals surface area contributed by atoms with Crippen molar-refractivity contribution in [3.05, 3.63) is 255 Å². The van der Waals surface area contributed by atoms with Gasteiger partial charge in [-0.2, -0.15) is 0 Å². The fourth-order valence-electron chi connectivity index (χ4n) is 11.9. The smallest absolute Gasteiger partial charge is 0.178 e. The molecule has 0 aliphatic carbocycles. The molecule has 350 valence electrons. The van der Waals surface area contributed by atoms with E-state index in [1.54, 1.807) is 0 Å². The highest BCUT2D eigenvalue weighted by atomic mass is 31.2. The molecule has 2 aliphatic rings. The van der Waals surface area contributed by atoms with Gasteiger partial charge in [-0.1, -0.05) is 170 Å². The number of hydrogen-bond donors (Lipinski definition) is 0. The van der Waals surface area contributed by atoms with E-state index >= 15 is 9.13 Å². The summed E-state index contributed by atoms with van der Waals surface area (Å²) in [5.74, 6) is 2.45. The molecule has 0 bridgehead atoms. The average Bonchev–Trinajstić information content (AvgIpc) is 4.09. The van der Waals surface area contributed by atoms with Crippen molar-refractivity contribution in [3.8, 4) is 56.6 Å². The second kappa shape index (κ2) is 16.3. The highest BCUT2D eigenvalue weighted by Gasteiger charge is 2.41. The van der Waals surface area contributed by atoms with Gasteiger partial charge in [-0.25, -0.2) is 0 Å². The van der Waals surface area contributed by atoms with Crippen LogP contribution in [0.4, 0.5) is 0 Å². The first-order valence-corrected chi connectivity index (χ1v) is 28.2. The van der Waals surface area contributed by atoms with Crippen LogP contribution in [0.1, 0.15) is 0 Å².